The van der Waals surface area contributed by atoms with Gasteiger partial charge in [0.05, 0.1) is 0 Å². The highest BCUT2D eigenvalue weighted by molar-refractivity contribution is 5.81. The highest BCUT2D eigenvalue weighted by atomic mass is 16.5. The van der Waals surface area contributed by atoms with Crippen molar-refractivity contribution in [3.05, 3.63) is 24.3 Å². The molecule has 0 bridgehead atoms. The standard InChI is InChI=1S/C19H31N3O2/c1-2-8-18(24-17-10-6-9-16(20)15-17)19(23)21-11-7-14-22-12-4-3-5-13-22/h6,9-10,15,18H,2-5,7-8,11-14,20H2,1H3,(H,21,23). The van der Waals surface area contributed by atoms with Crippen molar-refractivity contribution in [2.24, 2.45) is 0 Å². The number of carbonyl (C=O) groups is 1. The van der Waals surface area contributed by atoms with Crippen LogP contribution in [0.15, 0.2) is 24.3 Å². The Balaban J connectivity index is 1.74. The lowest BCUT2D eigenvalue weighted by atomic mass is 10.1. The molecule has 0 radical (unpaired) electrons. The van der Waals surface area contributed by atoms with Crippen LogP contribution in [0.1, 0.15) is 45.4 Å². The van der Waals surface area contributed by atoms with Gasteiger partial charge in [-0.25, -0.2) is 0 Å². The Morgan fingerprint density at radius 2 is 2.12 bits per heavy atom. The quantitative estimate of drug-likeness (QED) is 0.539. The van der Waals surface area contributed by atoms with Gasteiger partial charge in [0.25, 0.3) is 5.91 Å². The summed E-state index contributed by atoms with van der Waals surface area (Å²) in [6.07, 6.45) is 6.10. The number of benzene rings is 1. The lowest BCUT2D eigenvalue weighted by Crippen LogP contribution is -2.40. The molecule has 24 heavy (non-hydrogen) atoms. The number of nitrogen functional groups attached to an aromatic ring is 1. The monoisotopic (exact) mass is 333 g/mol. The number of nitrogens with zero attached hydrogens (tertiary/aromatic N) is 1. The molecule has 0 aliphatic carbocycles. The van der Waals surface area contributed by atoms with Gasteiger partial charge < -0.3 is 20.7 Å². The van der Waals surface area contributed by atoms with E-state index in [2.05, 4.69) is 17.1 Å². The first-order chi connectivity index (χ1) is 11.7. The molecule has 1 aliphatic heterocycles. The van der Waals surface area contributed by atoms with Crippen LogP contribution in [0.2, 0.25) is 0 Å². The maximum absolute atomic E-state index is 12.4. The van der Waals surface area contributed by atoms with E-state index in [4.69, 9.17) is 10.5 Å². The van der Waals surface area contributed by atoms with Crippen molar-refractivity contribution >= 4 is 11.6 Å². The Morgan fingerprint density at radius 3 is 2.83 bits per heavy atom. The van der Waals surface area contributed by atoms with Crippen molar-refractivity contribution in [3.8, 4) is 5.75 Å². The zero-order valence-electron chi connectivity index (χ0n) is 14.8. The second-order valence-corrected chi connectivity index (χ2v) is 6.51. The average Bonchev–Trinajstić information content (AvgIpc) is 2.59. The van der Waals surface area contributed by atoms with Crippen LogP contribution >= 0.6 is 0 Å². The van der Waals surface area contributed by atoms with Gasteiger partial charge in [0.15, 0.2) is 6.10 Å². The minimum Gasteiger partial charge on any atom is -0.481 e. The summed E-state index contributed by atoms with van der Waals surface area (Å²) in [6, 6.07) is 7.24. The van der Waals surface area contributed by atoms with Crippen LogP contribution in [-0.2, 0) is 4.79 Å². The fourth-order valence-electron chi connectivity index (χ4n) is 3.07. The molecule has 5 nitrogen and oxygen atoms in total. The molecule has 134 valence electrons. The summed E-state index contributed by atoms with van der Waals surface area (Å²) in [5.74, 6) is 0.620. The molecule has 1 aliphatic rings. The van der Waals surface area contributed by atoms with E-state index in [1.807, 2.05) is 18.2 Å². The van der Waals surface area contributed by atoms with Crippen molar-refractivity contribution in [1.29, 1.82) is 0 Å². The number of amides is 1. The summed E-state index contributed by atoms with van der Waals surface area (Å²) < 4.78 is 5.84. The van der Waals surface area contributed by atoms with Crippen LogP contribution < -0.4 is 15.8 Å². The zero-order valence-corrected chi connectivity index (χ0v) is 14.8. The lowest BCUT2D eigenvalue weighted by molar-refractivity contribution is -0.128. The van der Waals surface area contributed by atoms with Crippen molar-refractivity contribution in [1.82, 2.24) is 10.2 Å². The first-order valence-corrected chi connectivity index (χ1v) is 9.21. The summed E-state index contributed by atoms with van der Waals surface area (Å²) in [7, 11) is 0. The van der Waals surface area contributed by atoms with Crippen LogP contribution in [0.5, 0.6) is 5.75 Å². The van der Waals surface area contributed by atoms with Crippen molar-refractivity contribution in [2.75, 3.05) is 31.9 Å². The summed E-state index contributed by atoms with van der Waals surface area (Å²) >= 11 is 0. The number of piperidine rings is 1. The smallest absolute Gasteiger partial charge is 0.261 e. The van der Waals surface area contributed by atoms with E-state index >= 15 is 0 Å². The van der Waals surface area contributed by atoms with E-state index in [1.54, 1.807) is 6.07 Å². The van der Waals surface area contributed by atoms with Crippen LogP contribution in [0.3, 0.4) is 0 Å². The number of hydrogen-bond acceptors (Lipinski definition) is 4. The molecule has 1 aromatic carbocycles. The van der Waals surface area contributed by atoms with Crippen molar-refractivity contribution < 1.29 is 9.53 Å². The van der Waals surface area contributed by atoms with Gasteiger partial charge >= 0.3 is 0 Å². The third-order valence-corrected chi connectivity index (χ3v) is 4.38. The molecular formula is C19H31N3O2. The molecule has 1 atom stereocenters. The van der Waals surface area contributed by atoms with Gasteiger partial charge in [0.1, 0.15) is 5.75 Å². The lowest BCUT2D eigenvalue weighted by Gasteiger charge is -2.26. The third-order valence-electron chi connectivity index (χ3n) is 4.38. The number of nitrogens with one attached hydrogen (secondary N) is 1. The van der Waals surface area contributed by atoms with Gasteiger partial charge in [-0.2, -0.15) is 0 Å². The number of likely N-dealkylation sites (tertiary alicyclic amines) is 1. The minimum absolute atomic E-state index is 0.0297. The van der Waals surface area contributed by atoms with Gasteiger partial charge in [-0.1, -0.05) is 25.8 Å². The van der Waals surface area contributed by atoms with E-state index in [-0.39, 0.29) is 5.91 Å². The Bertz CT molecular complexity index is 501. The van der Waals surface area contributed by atoms with Gasteiger partial charge in [-0.05, 0) is 57.5 Å². The molecule has 1 amide bonds. The zero-order chi connectivity index (χ0) is 17.2. The summed E-state index contributed by atoms with van der Waals surface area (Å²) in [6.45, 7) is 6.22. The number of carbonyl (C=O) groups excluding carboxylic acids is 1. The van der Waals surface area contributed by atoms with Gasteiger partial charge in [-0.15, -0.1) is 0 Å². The Morgan fingerprint density at radius 1 is 1.33 bits per heavy atom. The number of rotatable bonds is 9. The second-order valence-electron chi connectivity index (χ2n) is 6.51. The molecule has 5 heteroatoms. The van der Waals surface area contributed by atoms with E-state index in [9.17, 15) is 4.79 Å². The van der Waals surface area contributed by atoms with Crippen LogP contribution in [0.4, 0.5) is 5.69 Å². The molecule has 0 saturated carbocycles. The minimum atomic E-state index is -0.452. The molecule has 1 unspecified atom stereocenters. The SMILES string of the molecule is CCCC(Oc1cccc(N)c1)C(=O)NCCCN1CCCCC1. The maximum atomic E-state index is 12.4. The predicted molar refractivity (Wildman–Crippen MR) is 98.1 cm³/mol. The molecular weight excluding hydrogens is 302 g/mol. The van der Waals surface area contributed by atoms with Crippen LogP contribution in [-0.4, -0.2) is 43.1 Å². The number of nitrogens with two attached hydrogens (primary N) is 1. The number of hydrogen-bond donors (Lipinski definition) is 2. The fourth-order valence-corrected chi connectivity index (χ4v) is 3.07. The average molecular weight is 333 g/mol. The molecule has 1 heterocycles. The summed E-state index contributed by atoms with van der Waals surface area (Å²) in [4.78, 5) is 14.9. The summed E-state index contributed by atoms with van der Waals surface area (Å²) in [5.41, 5.74) is 6.41. The van der Waals surface area contributed by atoms with Crippen molar-refractivity contribution in [3.63, 3.8) is 0 Å². The molecule has 2 rings (SSSR count). The van der Waals surface area contributed by atoms with E-state index in [1.165, 1.54) is 32.4 Å². The molecule has 3 N–H and O–H groups in total. The van der Waals surface area contributed by atoms with Crippen LogP contribution in [0.25, 0.3) is 0 Å². The van der Waals surface area contributed by atoms with Gasteiger partial charge in [0, 0.05) is 18.3 Å². The highest BCUT2D eigenvalue weighted by Gasteiger charge is 2.19. The maximum Gasteiger partial charge on any atom is 0.261 e. The third kappa shape index (κ3) is 6.40. The largest absolute Gasteiger partial charge is 0.481 e. The van der Waals surface area contributed by atoms with E-state index < -0.39 is 6.10 Å². The Hall–Kier alpha value is -1.75. The first kappa shape index (κ1) is 18.6. The Labute approximate surface area is 145 Å². The summed E-state index contributed by atoms with van der Waals surface area (Å²) in [5, 5.41) is 3.02. The highest BCUT2D eigenvalue weighted by Crippen LogP contribution is 2.17. The van der Waals surface area contributed by atoms with Crippen LogP contribution in [0, 0.1) is 0 Å². The van der Waals surface area contributed by atoms with E-state index in [0.29, 0.717) is 24.4 Å². The molecule has 1 fully saturated rings. The second kappa shape index (κ2) is 10.2. The normalized spacial score (nSPS) is 16.5. The predicted octanol–water partition coefficient (Wildman–Crippen LogP) is 2.81. The topological polar surface area (TPSA) is 67.6 Å². The number of ether oxygens (including phenoxy) is 1. The molecule has 1 aromatic rings. The number of anilines is 1. The van der Waals surface area contributed by atoms with Gasteiger partial charge in [0.2, 0.25) is 0 Å². The first-order valence-electron chi connectivity index (χ1n) is 9.21. The Kier molecular flexibility index (Phi) is 7.89. The molecule has 1 saturated heterocycles. The fraction of sp³-hybridized carbons (Fsp3) is 0.632. The van der Waals surface area contributed by atoms with Gasteiger partial charge in [-0.3, -0.25) is 4.79 Å². The van der Waals surface area contributed by atoms with Crippen molar-refractivity contribution in [2.45, 2.75) is 51.6 Å². The molecule has 0 aromatic heterocycles. The van der Waals surface area contributed by atoms with E-state index in [0.717, 1.165) is 19.4 Å². The molecule has 0 spiro atoms.